The second-order valence-corrected chi connectivity index (χ2v) is 6.93. The summed E-state index contributed by atoms with van der Waals surface area (Å²) in [5.41, 5.74) is 12.3. The van der Waals surface area contributed by atoms with Gasteiger partial charge in [0.25, 0.3) is 5.56 Å². The van der Waals surface area contributed by atoms with E-state index in [4.69, 9.17) is 11.5 Å². The van der Waals surface area contributed by atoms with Gasteiger partial charge in [-0.25, -0.2) is 4.98 Å². The van der Waals surface area contributed by atoms with Crippen molar-refractivity contribution in [3.05, 3.63) is 75.8 Å². The van der Waals surface area contributed by atoms with Crippen LogP contribution in [-0.4, -0.2) is 19.5 Å². The Morgan fingerprint density at radius 1 is 1.00 bits per heavy atom. The molecule has 32 heavy (non-hydrogen) atoms. The first-order valence-electron chi connectivity index (χ1n) is 9.55. The van der Waals surface area contributed by atoms with Gasteiger partial charge in [-0.05, 0) is 31.2 Å². The number of nitrogens with two attached hydrogens (primary N) is 2. The number of nitrogens with one attached hydrogen (secondary N) is 1. The van der Waals surface area contributed by atoms with Gasteiger partial charge in [0, 0.05) is 0 Å². The highest BCUT2D eigenvalue weighted by molar-refractivity contribution is 5.84. The molecule has 4 rings (SSSR count). The van der Waals surface area contributed by atoms with Gasteiger partial charge in [0.2, 0.25) is 5.95 Å². The molecular weight excluding hydrogens is 406 g/mol. The Hall–Kier alpha value is -4.96. The Bertz CT molecular complexity index is 1480. The Morgan fingerprint density at radius 3 is 2.44 bits per heavy atom. The minimum Gasteiger partial charge on any atom is -0.382 e. The molecular formula is C22H17N9O. The van der Waals surface area contributed by atoms with Crippen LogP contribution in [0.1, 0.15) is 29.9 Å². The number of anilines is 3. The molecule has 10 heteroatoms. The van der Waals surface area contributed by atoms with Crippen LogP contribution in [-0.2, 0) is 0 Å². The molecule has 0 saturated heterocycles. The maximum Gasteiger partial charge on any atom is 0.267 e. The van der Waals surface area contributed by atoms with Gasteiger partial charge in [-0.15, -0.1) is 0 Å². The normalized spacial score (nSPS) is 11.5. The van der Waals surface area contributed by atoms with Gasteiger partial charge in [0.15, 0.2) is 5.82 Å². The number of nitriles is 2. The molecule has 2 aromatic heterocycles. The Labute approximate surface area is 182 Å². The first kappa shape index (κ1) is 20.3. The van der Waals surface area contributed by atoms with Crippen molar-refractivity contribution < 1.29 is 0 Å². The summed E-state index contributed by atoms with van der Waals surface area (Å²) < 4.78 is 1.43. The first-order chi connectivity index (χ1) is 15.4. The lowest BCUT2D eigenvalue weighted by Gasteiger charge is -2.21. The van der Waals surface area contributed by atoms with Crippen molar-refractivity contribution in [2.45, 2.75) is 13.0 Å². The number of nitrogens with zero attached hydrogens (tertiary/aromatic N) is 6. The predicted octanol–water partition coefficient (Wildman–Crippen LogP) is 2.26. The predicted molar refractivity (Wildman–Crippen MR) is 120 cm³/mol. The monoisotopic (exact) mass is 423 g/mol. The maximum atomic E-state index is 13.5. The number of para-hydroxylation sites is 1. The van der Waals surface area contributed by atoms with Crippen LogP contribution in [0.2, 0.25) is 0 Å². The third-order valence-corrected chi connectivity index (χ3v) is 4.86. The van der Waals surface area contributed by atoms with E-state index in [1.54, 1.807) is 49.4 Å². The van der Waals surface area contributed by atoms with E-state index in [0.29, 0.717) is 17.0 Å². The minimum absolute atomic E-state index is 0.0345. The third kappa shape index (κ3) is 3.42. The second kappa shape index (κ2) is 8.05. The topological polar surface area (TPSA) is 172 Å². The molecule has 5 N–H and O–H groups in total. The largest absolute Gasteiger partial charge is 0.382 e. The van der Waals surface area contributed by atoms with Crippen molar-refractivity contribution in [3.63, 3.8) is 0 Å². The second-order valence-electron chi connectivity index (χ2n) is 6.93. The van der Waals surface area contributed by atoms with Gasteiger partial charge in [0.05, 0.1) is 28.2 Å². The molecule has 0 radical (unpaired) electrons. The summed E-state index contributed by atoms with van der Waals surface area (Å²) in [5, 5.41) is 22.2. The van der Waals surface area contributed by atoms with Gasteiger partial charge in [-0.1, -0.05) is 24.3 Å². The molecule has 0 saturated carbocycles. The Morgan fingerprint density at radius 2 is 1.75 bits per heavy atom. The van der Waals surface area contributed by atoms with Crippen LogP contribution in [0.25, 0.3) is 16.6 Å². The highest BCUT2D eigenvalue weighted by atomic mass is 16.1. The highest BCUT2D eigenvalue weighted by Gasteiger charge is 2.21. The van der Waals surface area contributed by atoms with Crippen molar-refractivity contribution in [2.24, 2.45) is 0 Å². The quantitative estimate of drug-likeness (QED) is 0.445. The third-order valence-electron chi connectivity index (χ3n) is 4.86. The van der Waals surface area contributed by atoms with Gasteiger partial charge < -0.3 is 16.8 Å². The van der Waals surface area contributed by atoms with E-state index < -0.39 is 6.04 Å². The first-order valence-corrected chi connectivity index (χ1v) is 9.55. The van der Waals surface area contributed by atoms with Gasteiger partial charge in [-0.2, -0.15) is 20.5 Å². The zero-order valence-corrected chi connectivity index (χ0v) is 16.9. The van der Waals surface area contributed by atoms with Crippen molar-refractivity contribution in [1.29, 1.82) is 10.5 Å². The average molecular weight is 423 g/mol. The van der Waals surface area contributed by atoms with Crippen molar-refractivity contribution in [2.75, 3.05) is 16.8 Å². The standard InChI is InChI=1S/C22H17N9O/c1-12(27-19-15(11-24)18(25)29-22(26)30-19)20-28-16-9-5-6-13(10-23)17(16)21(32)31(20)14-7-3-2-4-8-14/h2-9,12H,1H3,(H5,25,26,27,29,30). The van der Waals surface area contributed by atoms with Crippen LogP contribution < -0.4 is 22.3 Å². The molecule has 1 unspecified atom stereocenters. The number of nitrogen functional groups attached to an aromatic ring is 2. The molecule has 156 valence electrons. The number of benzene rings is 2. The van der Waals surface area contributed by atoms with Crippen LogP contribution in [0.15, 0.2) is 53.3 Å². The molecule has 1 atom stereocenters. The zero-order valence-electron chi connectivity index (χ0n) is 16.9. The number of hydrogen-bond acceptors (Lipinski definition) is 9. The maximum absolute atomic E-state index is 13.5. The Kier molecular flexibility index (Phi) is 5.11. The van der Waals surface area contributed by atoms with Crippen LogP contribution >= 0.6 is 0 Å². The number of hydrogen-bond donors (Lipinski definition) is 3. The summed E-state index contributed by atoms with van der Waals surface area (Å²) in [4.78, 5) is 26.1. The van der Waals surface area contributed by atoms with E-state index >= 15 is 0 Å². The molecule has 0 aliphatic rings. The molecule has 4 aromatic rings. The van der Waals surface area contributed by atoms with E-state index in [-0.39, 0.29) is 39.7 Å². The van der Waals surface area contributed by atoms with Crippen molar-refractivity contribution in [3.8, 4) is 17.8 Å². The van der Waals surface area contributed by atoms with Gasteiger partial charge in [-0.3, -0.25) is 9.36 Å². The Balaban J connectivity index is 1.96. The smallest absolute Gasteiger partial charge is 0.267 e. The molecule has 2 heterocycles. The fourth-order valence-electron chi connectivity index (χ4n) is 3.44. The van der Waals surface area contributed by atoms with E-state index in [1.165, 1.54) is 4.57 Å². The highest BCUT2D eigenvalue weighted by Crippen LogP contribution is 2.25. The number of rotatable bonds is 4. The molecule has 10 nitrogen and oxygen atoms in total. The summed E-state index contributed by atoms with van der Waals surface area (Å²) in [5.74, 6) is 0.329. The van der Waals surface area contributed by atoms with Gasteiger partial charge in [0.1, 0.15) is 29.3 Å². The molecule has 0 fully saturated rings. The lowest BCUT2D eigenvalue weighted by atomic mass is 10.1. The lowest BCUT2D eigenvalue weighted by Crippen LogP contribution is -2.28. The van der Waals surface area contributed by atoms with Crippen LogP contribution in [0, 0.1) is 22.7 Å². The van der Waals surface area contributed by atoms with E-state index in [1.807, 2.05) is 12.1 Å². The summed E-state index contributed by atoms with van der Waals surface area (Å²) in [6.45, 7) is 1.76. The van der Waals surface area contributed by atoms with E-state index in [2.05, 4.69) is 26.3 Å². The molecule has 0 amide bonds. The summed E-state index contributed by atoms with van der Waals surface area (Å²) in [7, 11) is 0. The SMILES string of the molecule is CC(Nc1nc(N)nc(N)c1C#N)c1nc2cccc(C#N)c2c(=O)n1-c1ccccc1. The minimum atomic E-state index is -0.598. The molecule has 0 bridgehead atoms. The zero-order chi connectivity index (χ0) is 22.8. The fourth-order valence-corrected chi connectivity index (χ4v) is 3.44. The average Bonchev–Trinajstić information content (AvgIpc) is 2.78. The fraction of sp³-hybridized carbons (Fsp3) is 0.0909. The summed E-state index contributed by atoms with van der Waals surface area (Å²) in [6.07, 6.45) is 0. The van der Waals surface area contributed by atoms with Crippen molar-refractivity contribution in [1.82, 2.24) is 19.5 Å². The summed E-state index contributed by atoms with van der Waals surface area (Å²) >= 11 is 0. The van der Waals surface area contributed by atoms with Crippen LogP contribution in [0.3, 0.4) is 0 Å². The number of fused-ring (bicyclic) bond motifs is 1. The van der Waals surface area contributed by atoms with Gasteiger partial charge >= 0.3 is 0 Å². The van der Waals surface area contributed by atoms with Crippen molar-refractivity contribution >= 4 is 28.5 Å². The van der Waals surface area contributed by atoms with E-state index in [0.717, 1.165) is 0 Å². The molecule has 2 aromatic carbocycles. The summed E-state index contributed by atoms with van der Waals surface area (Å²) in [6, 6.07) is 17.3. The molecule has 0 aliphatic carbocycles. The lowest BCUT2D eigenvalue weighted by molar-refractivity contribution is 0.730. The number of aromatic nitrogens is 4. The van der Waals surface area contributed by atoms with E-state index in [9.17, 15) is 15.3 Å². The van der Waals surface area contributed by atoms with Crippen LogP contribution in [0.5, 0.6) is 0 Å². The van der Waals surface area contributed by atoms with Crippen LogP contribution in [0.4, 0.5) is 17.6 Å². The molecule has 0 aliphatic heterocycles. The molecule has 0 spiro atoms.